The van der Waals surface area contributed by atoms with Gasteiger partial charge in [-0.25, -0.2) is 8.42 Å². The number of benzene rings is 2. The van der Waals surface area contributed by atoms with E-state index in [0.717, 1.165) is 38.0 Å². The molecule has 2 fully saturated rings. The van der Waals surface area contributed by atoms with Crippen LogP contribution in [0.3, 0.4) is 0 Å². The van der Waals surface area contributed by atoms with E-state index < -0.39 is 10.0 Å². The van der Waals surface area contributed by atoms with Gasteiger partial charge in [0.05, 0.1) is 18.1 Å². The third-order valence-corrected chi connectivity index (χ3v) is 7.48. The monoisotopic (exact) mass is 429 g/mol. The van der Waals surface area contributed by atoms with Crippen LogP contribution in [-0.2, 0) is 14.8 Å². The fourth-order valence-electron chi connectivity index (χ4n) is 3.81. The summed E-state index contributed by atoms with van der Waals surface area (Å²) in [7, 11) is -3.47. The van der Waals surface area contributed by atoms with Crippen LogP contribution in [0.4, 0.5) is 11.4 Å². The number of hydrogen-bond acceptors (Lipinski definition) is 5. The van der Waals surface area contributed by atoms with Crippen LogP contribution in [0, 0.1) is 0 Å². The number of ether oxygens (including phenoxy) is 1. The average molecular weight is 430 g/mol. The lowest BCUT2D eigenvalue weighted by Crippen LogP contribution is -2.36. The maximum atomic E-state index is 12.7. The van der Waals surface area contributed by atoms with Crippen molar-refractivity contribution < 1.29 is 17.9 Å². The Bertz CT molecular complexity index is 962. The van der Waals surface area contributed by atoms with Crippen molar-refractivity contribution in [1.29, 1.82) is 0 Å². The Hall–Kier alpha value is -2.42. The Labute approximate surface area is 177 Å². The molecule has 0 radical (unpaired) electrons. The van der Waals surface area contributed by atoms with Crippen molar-refractivity contribution in [3.63, 3.8) is 0 Å². The van der Waals surface area contributed by atoms with Gasteiger partial charge in [-0.15, -0.1) is 0 Å². The second-order valence-corrected chi connectivity index (χ2v) is 9.53. The molecule has 1 amide bonds. The summed E-state index contributed by atoms with van der Waals surface area (Å²) >= 11 is 0. The summed E-state index contributed by atoms with van der Waals surface area (Å²) in [5.74, 6) is -0.227. The summed E-state index contributed by atoms with van der Waals surface area (Å²) in [6, 6.07) is 13.9. The number of piperidine rings is 1. The normalized spacial score (nSPS) is 18.2. The highest BCUT2D eigenvalue weighted by Crippen LogP contribution is 2.22. The van der Waals surface area contributed by atoms with Gasteiger partial charge in [-0.1, -0.05) is 6.42 Å². The minimum absolute atomic E-state index is 0.227. The molecule has 0 bridgehead atoms. The molecule has 2 aliphatic heterocycles. The minimum Gasteiger partial charge on any atom is -0.378 e. The maximum absolute atomic E-state index is 12.7. The molecular weight excluding hydrogens is 402 g/mol. The van der Waals surface area contributed by atoms with Crippen molar-refractivity contribution in [1.82, 2.24) is 4.31 Å². The van der Waals surface area contributed by atoms with E-state index in [4.69, 9.17) is 4.74 Å². The number of anilines is 2. The highest BCUT2D eigenvalue weighted by molar-refractivity contribution is 7.89. The number of carbonyl (C=O) groups excluding carboxylic acids is 1. The maximum Gasteiger partial charge on any atom is 0.255 e. The Morgan fingerprint density at radius 1 is 0.833 bits per heavy atom. The van der Waals surface area contributed by atoms with E-state index in [1.807, 2.05) is 12.1 Å². The molecule has 1 N–H and O–H groups in total. The van der Waals surface area contributed by atoms with Crippen LogP contribution in [0.25, 0.3) is 0 Å². The van der Waals surface area contributed by atoms with Gasteiger partial charge in [0, 0.05) is 43.1 Å². The SMILES string of the molecule is O=C(Nc1ccc(S(=O)(=O)N2CCCCC2)cc1)c1ccc(N2CCOCC2)cc1. The number of nitrogens with zero attached hydrogens (tertiary/aromatic N) is 2. The first-order chi connectivity index (χ1) is 14.5. The van der Waals surface area contributed by atoms with Crippen LogP contribution < -0.4 is 10.2 Å². The van der Waals surface area contributed by atoms with Crippen LogP contribution in [0.2, 0.25) is 0 Å². The molecule has 4 rings (SSSR count). The number of nitrogens with one attached hydrogen (secondary N) is 1. The number of hydrogen-bond donors (Lipinski definition) is 1. The molecule has 160 valence electrons. The predicted octanol–water partition coefficient (Wildman–Crippen LogP) is 2.95. The molecular formula is C22H27N3O4S. The predicted molar refractivity (Wildman–Crippen MR) is 116 cm³/mol. The first-order valence-electron chi connectivity index (χ1n) is 10.4. The molecule has 7 nitrogen and oxygen atoms in total. The van der Waals surface area contributed by atoms with Crippen molar-refractivity contribution in [2.24, 2.45) is 0 Å². The van der Waals surface area contributed by atoms with E-state index in [0.29, 0.717) is 37.6 Å². The number of sulfonamides is 1. The second kappa shape index (κ2) is 9.16. The van der Waals surface area contributed by atoms with Crippen LogP contribution in [-0.4, -0.2) is 58.0 Å². The smallest absolute Gasteiger partial charge is 0.255 e. The standard InChI is InChI=1S/C22H27N3O4S/c26-22(18-4-8-20(9-5-18)24-14-16-29-17-15-24)23-19-6-10-21(11-7-19)30(27,28)25-12-2-1-3-13-25/h4-11H,1-3,12-17H2,(H,23,26). The van der Waals surface area contributed by atoms with E-state index in [2.05, 4.69) is 10.2 Å². The van der Waals surface area contributed by atoms with Crippen LogP contribution in [0.1, 0.15) is 29.6 Å². The Balaban J connectivity index is 1.39. The number of rotatable bonds is 5. The van der Waals surface area contributed by atoms with Crippen molar-refractivity contribution in [2.45, 2.75) is 24.2 Å². The van der Waals surface area contributed by atoms with Crippen molar-refractivity contribution in [2.75, 3.05) is 49.6 Å². The summed E-state index contributed by atoms with van der Waals surface area (Å²) < 4.78 is 32.4. The Morgan fingerprint density at radius 2 is 1.47 bits per heavy atom. The molecule has 8 heteroatoms. The van der Waals surface area contributed by atoms with Crippen molar-refractivity contribution >= 4 is 27.3 Å². The molecule has 0 saturated carbocycles. The van der Waals surface area contributed by atoms with Crippen LogP contribution in [0.5, 0.6) is 0 Å². The van der Waals surface area contributed by atoms with Gasteiger partial charge in [-0.2, -0.15) is 4.31 Å². The number of morpholine rings is 1. The fourth-order valence-corrected chi connectivity index (χ4v) is 5.33. The number of amides is 1. The van der Waals surface area contributed by atoms with Gasteiger partial charge in [0.2, 0.25) is 10.0 Å². The number of carbonyl (C=O) groups is 1. The van der Waals surface area contributed by atoms with Gasteiger partial charge >= 0.3 is 0 Å². The molecule has 0 aromatic heterocycles. The molecule has 2 aliphatic rings. The first-order valence-corrected chi connectivity index (χ1v) is 11.8. The fraction of sp³-hybridized carbons (Fsp3) is 0.409. The van der Waals surface area contributed by atoms with Gasteiger partial charge in [-0.3, -0.25) is 4.79 Å². The van der Waals surface area contributed by atoms with E-state index >= 15 is 0 Å². The minimum atomic E-state index is -3.47. The quantitative estimate of drug-likeness (QED) is 0.791. The lowest BCUT2D eigenvalue weighted by Gasteiger charge is -2.28. The van der Waals surface area contributed by atoms with E-state index in [9.17, 15) is 13.2 Å². The zero-order chi connectivity index (χ0) is 21.0. The Kier molecular flexibility index (Phi) is 6.36. The van der Waals surface area contributed by atoms with Gasteiger partial charge in [0.1, 0.15) is 0 Å². The molecule has 2 saturated heterocycles. The van der Waals surface area contributed by atoms with Gasteiger partial charge in [0.15, 0.2) is 0 Å². The molecule has 0 unspecified atom stereocenters. The third kappa shape index (κ3) is 4.66. The van der Waals surface area contributed by atoms with Crippen LogP contribution >= 0.6 is 0 Å². The molecule has 0 spiro atoms. The molecule has 2 heterocycles. The summed E-state index contributed by atoms with van der Waals surface area (Å²) in [6.07, 6.45) is 2.87. The van der Waals surface area contributed by atoms with Crippen LogP contribution in [0.15, 0.2) is 53.4 Å². The summed E-state index contributed by atoms with van der Waals surface area (Å²) in [5, 5.41) is 2.83. The zero-order valence-electron chi connectivity index (χ0n) is 16.9. The summed E-state index contributed by atoms with van der Waals surface area (Å²) in [5.41, 5.74) is 2.19. The first kappa shape index (κ1) is 20.8. The van der Waals surface area contributed by atoms with Gasteiger partial charge in [0.25, 0.3) is 5.91 Å². The lowest BCUT2D eigenvalue weighted by atomic mass is 10.1. The largest absolute Gasteiger partial charge is 0.378 e. The highest BCUT2D eigenvalue weighted by atomic mass is 32.2. The summed E-state index contributed by atoms with van der Waals surface area (Å²) in [4.78, 5) is 15.0. The Morgan fingerprint density at radius 3 is 2.10 bits per heavy atom. The molecule has 2 aromatic carbocycles. The average Bonchev–Trinajstić information content (AvgIpc) is 2.81. The topological polar surface area (TPSA) is 79.0 Å². The second-order valence-electron chi connectivity index (χ2n) is 7.59. The van der Waals surface area contributed by atoms with E-state index in [1.54, 1.807) is 40.7 Å². The van der Waals surface area contributed by atoms with Crippen molar-refractivity contribution in [3.8, 4) is 0 Å². The van der Waals surface area contributed by atoms with Gasteiger partial charge in [-0.05, 0) is 61.4 Å². The lowest BCUT2D eigenvalue weighted by molar-refractivity contribution is 0.102. The zero-order valence-corrected chi connectivity index (χ0v) is 17.7. The summed E-state index contributed by atoms with van der Waals surface area (Å²) in [6.45, 7) is 4.26. The van der Waals surface area contributed by atoms with E-state index in [1.165, 1.54) is 0 Å². The van der Waals surface area contributed by atoms with Gasteiger partial charge < -0.3 is 15.0 Å². The van der Waals surface area contributed by atoms with Crippen molar-refractivity contribution in [3.05, 3.63) is 54.1 Å². The molecule has 2 aromatic rings. The third-order valence-electron chi connectivity index (χ3n) is 5.57. The molecule has 0 atom stereocenters. The molecule has 30 heavy (non-hydrogen) atoms. The highest BCUT2D eigenvalue weighted by Gasteiger charge is 2.25. The van der Waals surface area contributed by atoms with E-state index in [-0.39, 0.29) is 10.8 Å². The molecule has 0 aliphatic carbocycles.